The van der Waals surface area contributed by atoms with E-state index in [0.29, 0.717) is 31.0 Å². The Balaban J connectivity index is 1.76. The summed E-state index contributed by atoms with van der Waals surface area (Å²) in [6, 6.07) is 25.1. The van der Waals surface area contributed by atoms with E-state index in [4.69, 9.17) is 4.74 Å². The van der Waals surface area contributed by atoms with E-state index in [1.54, 1.807) is 38.1 Å². The standard InChI is InChI=1S/C29H35N3O5S/c1-4-30-29(34)23(2)31(20-19-24-11-7-5-8-12-24)28(33)21-32(38(3,35)36)26-15-17-27(18-16-26)37-22-25-13-9-6-10-14-25/h5-18,23H,4,19-22H2,1-3H3,(H,30,34). The molecule has 0 aliphatic carbocycles. The molecule has 9 heteroatoms. The lowest BCUT2D eigenvalue weighted by molar-refractivity contribution is -0.138. The molecule has 2 amide bonds. The van der Waals surface area contributed by atoms with Gasteiger partial charge in [0, 0.05) is 13.1 Å². The van der Waals surface area contributed by atoms with Crippen LogP contribution in [0.25, 0.3) is 0 Å². The largest absolute Gasteiger partial charge is 0.489 e. The highest BCUT2D eigenvalue weighted by Crippen LogP contribution is 2.23. The molecule has 1 atom stereocenters. The normalized spacial score (nSPS) is 11.9. The van der Waals surface area contributed by atoms with Crippen molar-refractivity contribution in [2.45, 2.75) is 32.9 Å². The van der Waals surface area contributed by atoms with E-state index in [-0.39, 0.29) is 12.5 Å². The number of likely N-dealkylation sites (N-methyl/N-ethyl adjacent to an activating group) is 1. The van der Waals surface area contributed by atoms with E-state index in [9.17, 15) is 18.0 Å². The topological polar surface area (TPSA) is 96.0 Å². The zero-order valence-corrected chi connectivity index (χ0v) is 22.9. The number of anilines is 1. The maximum Gasteiger partial charge on any atom is 0.244 e. The van der Waals surface area contributed by atoms with E-state index in [2.05, 4.69) is 5.32 Å². The van der Waals surface area contributed by atoms with Gasteiger partial charge in [0.2, 0.25) is 21.8 Å². The number of hydrogen-bond donors (Lipinski definition) is 1. The van der Waals surface area contributed by atoms with Crippen molar-refractivity contribution in [2.75, 3.05) is 30.2 Å². The van der Waals surface area contributed by atoms with Gasteiger partial charge in [0.25, 0.3) is 0 Å². The van der Waals surface area contributed by atoms with E-state index < -0.39 is 28.5 Å². The first-order valence-corrected chi connectivity index (χ1v) is 14.4. The Kier molecular flexibility index (Phi) is 10.3. The summed E-state index contributed by atoms with van der Waals surface area (Å²) in [5.74, 6) is -0.180. The van der Waals surface area contributed by atoms with Crippen molar-refractivity contribution >= 4 is 27.5 Å². The van der Waals surface area contributed by atoms with Crippen LogP contribution in [0.5, 0.6) is 5.75 Å². The highest BCUT2D eigenvalue weighted by atomic mass is 32.2. The number of rotatable bonds is 13. The molecule has 0 saturated heterocycles. The van der Waals surface area contributed by atoms with Crippen molar-refractivity contribution in [2.24, 2.45) is 0 Å². The molecule has 0 radical (unpaired) electrons. The van der Waals surface area contributed by atoms with E-state index in [1.807, 2.05) is 60.7 Å². The molecule has 0 bridgehead atoms. The lowest BCUT2D eigenvalue weighted by atomic mass is 10.1. The minimum absolute atomic E-state index is 0.269. The first kappa shape index (κ1) is 28.7. The maximum atomic E-state index is 13.5. The number of hydrogen-bond acceptors (Lipinski definition) is 5. The fraction of sp³-hybridized carbons (Fsp3) is 0.310. The van der Waals surface area contributed by atoms with Gasteiger partial charge in [-0.1, -0.05) is 60.7 Å². The van der Waals surface area contributed by atoms with E-state index in [1.165, 1.54) is 4.90 Å². The lowest BCUT2D eigenvalue weighted by Crippen LogP contribution is -2.52. The van der Waals surface area contributed by atoms with Crippen molar-refractivity contribution in [1.82, 2.24) is 10.2 Å². The number of nitrogens with one attached hydrogen (secondary N) is 1. The Hall–Kier alpha value is -3.85. The molecule has 0 aliphatic heterocycles. The number of nitrogens with zero attached hydrogens (tertiary/aromatic N) is 2. The molecule has 1 unspecified atom stereocenters. The second kappa shape index (κ2) is 13.6. The van der Waals surface area contributed by atoms with Crippen LogP contribution in [0.2, 0.25) is 0 Å². The van der Waals surface area contributed by atoms with Gasteiger partial charge in [0.05, 0.1) is 11.9 Å². The molecule has 3 aromatic rings. The lowest BCUT2D eigenvalue weighted by Gasteiger charge is -2.31. The summed E-state index contributed by atoms with van der Waals surface area (Å²) in [6.45, 7) is 4.10. The summed E-state index contributed by atoms with van der Waals surface area (Å²) in [7, 11) is -3.79. The fourth-order valence-corrected chi connectivity index (χ4v) is 4.80. The van der Waals surface area contributed by atoms with Crippen LogP contribution >= 0.6 is 0 Å². The van der Waals surface area contributed by atoms with Crippen LogP contribution < -0.4 is 14.4 Å². The van der Waals surface area contributed by atoms with Crippen LogP contribution in [0.15, 0.2) is 84.9 Å². The van der Waals surface area contributed by atoms with Crippen LogP contribution in [-0.4, -0.2) is 57.1 Å². The summed E-state index contributed by atoms with van der Waals surface area (Å²) < 4.78 is 32.3. The summed E-state index contributed by atoms with van der Waals surface area (Å²) in [5, 5.41) is 2.75. The van der Waals surface area contributed by atoms with Crippen LogP contribution in [-0.2, 0) is 32.6 Å². The monoisotopic (exact) mass is 537 g/mol. The molecule has 3 rings (SSSR count). The summed E-state index contributed by atoms with van der Waals surface area (Å²) >= 11 is 0. The minimum atomic E-state index is -3.79. The third-order valence-corrected chi connectivity index (χ3v) is 7.20. The third-order valence-electron chi connectivity index (χ3n) is 6.05. The van der Waals surface area contributed by atoms with Crippen molar-refractivity contribution in [3.8, 4) is 5.75 Å². The Morgan fingerprint density at radius 2 is 1.47 bits per heavy atom. The Morgan fingerprint density at radius 1 is 0.895 bits per heavy atom. The van der Waals surface area contributed by atoms with E-state index in [0.717, 1.165) is 21.7 Å². The van der Waals surface area contributed by atoms with Gasteiger partial charge >= 0.3 is 0 Å². The smallest absolute Gasteiger partial charge is 0.244 e. The molecule has 0 fully saturated rings. The first-order chi connectivity index (χ1) is 18.2. The summed E-state index contributed by atoms with van der Waals surface area (Å²) in [5.41, 5.74) is 2.36. The number of amides is 2. The van der Waals surface area contributed by atoms with Gasteiger partial charge in [-0.25, -0.2) is 8.42 Å². The predicted molar refractivity (Wildman–Crippen MR) is 149 cm³/mol. The second-order valence-electron chi connectivity index (χ2n) is 8.93. The quantitative estimate of drug-likeness (QED) is 0.359. The highest BCUT2D eigenvalue weighted by Gasteiger charge is 2.29. The van der Waals surface area contributed by atoms with Crippen molar-refractivity contribution in [1.29, 1.82) is 0 Å². The van der Waals surface area contributed by atoms with Crippen molar-refractivity contribution in [3.05, 3.63) is 96.1 Å². The van der Waals surface area contributed by atoms with Gasteiger partial charge in [-0.2, -0.15) is 0 Å². The maximum absolute atomic E-state index is 13.5. The molecule has 1 N–H and O–H groups in total. The van der Waals surface area contributed by atoms with Crippen LogP contribution in [0.1, 0.15) is 25.0 Å². The molecule has 0 spiro atoms. The van der Waals surface area contributed by atoms with Gasteiger partial charge < -0.3 is 15.0 Å². The molecule has 0 heterocycles. The Labute approximate surface area is 225 Å². The van der Waals surface area contributed by atoms with Crippen LogP contribution in [0.3, 0.4) is 0 Å². The van der Waals surface area contributed by atoms with Gasteiger partial charge in [-0.15, -0.1) is 0 Å². The van der Waals surface area contributed by atoms with Crippen LogP contribution in [0.4, 0.5) is 5.69 Å². The molecule has 3 aromatic carbocycles. The average Bonchev–Trinajstić information content (AvgIpc) is 2.91. The predicted octanol–water partition coefficient (Wildman–Crippen LogP) is 3.63. The molecule has 0 aliphatic rings. The fourth-order valence-electron chi connectivity index (χ4n) is 3.96. The molecule has 0 aromatic heterocycles. The number of benzene rings is 3. The SMILES string of the molecule is CCNC(=O)C(C)N(CCc1ccccc1)C(=O)CN(c1ccc(OCc2ccccc2)cc1)S(C)(=O)=O. The average molecular weight is 538 g/mol. The zero-order valence-electron chi connectivity index (χ0n) is 22.0. The molecular formula is C29H35N3O5S. The molecule has 0 saturated carbocycles. The second-order valence-corrected chi connectivity index (χ2v) is 10.8. The minimum Gasteiger partial charge on any atom is -0.489 e. The zero-order chi connectivity index (χ0) is 27.5. The summed E-state index contributed by atoms with van der Waals surface area (Å²) in [6.07, 6.45) is 1.59. The van der Waals surface area contributed by atoms with Crippen molar-refractivity contribution < 1.29 is 22.7 Å². The van der Waals surface area contributed by atoms with Gasteiger partial charge in [-0.3, -0.25) is 13.9 Å². The van der Waals surface area contributed by atoms with Gasteiger partial charge in [0.15, 0.2) is 0 Å². The number of ether oxygens (including phenoxy) is 1. The summed E-state index contributed by atoms with van der Waals surface area (Å²) in [4.78, 5) is 27.5. The molecule has 8 nitrogen and oxygen atoms in total. The first-order valence-electron chi connectivity index (χ1n) is 12.5. The van der Waals surface area contributed by atoms with E-state index >= 15 is 0 Å². The number of carbonyl (C=O) groups excluding carboxylic acids is 2. The van der Waals surface area contributed by atoms with Crippen molar-refractivity contribution in [3.63, 3.8) is 0 Å². The van der Waals surface area contributed by atoms with Crippen LogP contribution in [0, 0.1) is 0 Å². The van der Waals surface area contributed by atoms with Gasteiger partial charge in [-0.05, 0) is 55.7 Å². The Bertz CT molecular complexity index is 1280. The number of carbonyl (C=O) groups is 2. The molecule has 202 valence electrons. The van der Waals surface area contributed by atoms with Gasteiger partial charge in [0.1, 0.15) is 24.9 Å². The Morgan fingerprint density at radius 3 is 2.03 bits per heavy atom. The highest BCUT2D eigenvalue weighted by molar-refractivity contribution is 7.92. The molecular weight excluding hydrogens is 502 g/mol. The molecule has 38 heavy (non-hydrogen) atoms. The number of sulfonamides is 1. The third kappa shape index (κ3) is 8.34.